The van der Waals surface area contributed by atoms with Crippen LogP contribution in [0.5, 0.6) is 11.5 Å². The lowest BCUT2D eigenvalue weighted by Gasteiger charge is -2.13. The summed E-state index contributed by atoms with van der Waals surface area (Å²) in [6.07, 6.45) is 0. The molecule has 0 aliphatic heterocycles. The normalized spacial score (nSPS) is 10.6. The van der Waals surface area contributed by atoms with E-state index in [4.69, 9.17) is 14.5 Å². The fraction of sp³-hybridized carbons (Fsp3) is 0.0833. The first-order chi connectivity index (χ1) is 14.6. The molecule has 4 aromatic rings. The number of nitrogens with zero attached hydrogens (tertiary/aromatic N) is 1. The van der Waals surface area contributed by atoms with Gasteiger partial charge in [-0.2, -0.15) is 0 Å². The summed E-state index contributed by atoms with van der Waals surface area (Å²) in [5.74, 6) is 0.242. The van der Waals surface area contributed by atoms with E-state index < -0.39 is 11.7 Å². The lowest BCUT2D eigenvalue weighted by atomic mass is 10.0. The molecule has 0 unspecified atom stereocenters. The number of anilines is 1. The number of rotatable bonds is 5. The minimum Gasteiger partial charge on any atom is -0.493 e. The highest BCUT2D eigenvalue weighted by Crippen LogP contribution is 2.33. The number of carbonyl (C=O) groups is 1. The molecule has 5 nitrogen and oxygen atoms in total. The third-order valence-electron chi connectivity index (χ3n) is 4.76. The summed E-state index contributed by atoms with van der Waals surface area (Å²) < 4.78 is 24.7. The summed E-state index contributed by atoms with van der Waals surface area (Å²) >= 11 is 0. The molecule has 4 rings (SSSR count). The molecule has 1 N–H and O–H groups in total. The zero-order chi connectivity index (χ0) is 21.1. The molecule has 0 spiro atoms. The Bertz CT molecular complexity index is 1240. The van der Waals surface area contributed by atoms with E-state index in [0.29, 0.717) is 33.7 Å². The topological polar surface area (TPSA) is 60.5 Å². The molecule has 1 heterocycles. The van der Waals surface area contributed by atoms with E-state index in [9.17, 15) is 9.18 Å². The van der Waals surface area contributed by atoms with Crippen LogP contribution in [0.4, 0.5) is 10.1 Å². The van der Waals surface area contributed by atoms with E-state index in [2.05, 4.69) is 5.32 Å². The van der Waals surface area contributed by atoms with Crippen LogP contribution in [0.3, 0.4) is 0 Å². The summed E-state index contributed by atoms with van der Waals surface area (Å²) in [5.41, 5.74) is 2.53. The minimum absolute atomic E-state index is 0.121. The maximum atomic E-state index is 14.0. The molecule has 0 aliphatic rings. The largest absolute Gasteiger partial charge is 0.493 e. The molecule has 3 aromatic carbocycles. The van der Waals surface area contributed by atoms with Gasteiger partial charge in [-0.25, -0.2) is 9.37 Å². The van der Waals surface area contributed by atoms with E-state index >= 15 is 0 Å². The highest BCUT2D eigenvalue weighted by molar-refractivity contribution is 6.13. The molecule has 0 fully saturated rings. The van der Waals surface area contributed by atoms with Gasteiger partial charge < -0.3 is 14.8 Å². The Kier molecular flexibility index (Phi) is 5.30. The van der Waals surface area contributed by atoms with Crippen LogP contribution in [0.1, 0.15) is 10.4 Å². The van der Waals surface area contributed by atoms with E-state index in [-0.39, 0.29) is 5.69 Å². The maximum absolute atomic E-state index is 14.0. The monoisotopic (exact) mass is 402 g/mol. The van der Waals surface area contributed by atoms with Crippen molar-refractivity contribution in [2.75, 3.05) is 19.5 Å². The number of methoxy groups -OCH3 is 2. The zero-order valence-electron chi connectivity index (χ0n) is 16.5. The first-order valence-electron chi connectivity index (χ1n) is 9.29. The van der Waals surface area contributed by atoms with Gasteiger partial charge in [0.1, 0.15) is 5.82 Å². The first-order valence-corrected chi connectivity index (χ1v) is 9.29. The van der Waals surface area contributed by atoms with Gasteiger partial charge in [-0.15, -0.1) is 0 Å². The molecule has 150 valence electrons. The average molecular weight is 402 g/mol. The summed E-state index contributed by atoms with van der Waals surface area (Å²) in [5, 5.41) is 3.33. The number of benzene rings is 3. The number of ether oxygens (including phenoxy) is 2. The van der Waals surface area contributed by atoms with Gasteiger partial charge in [-0.05, 0) is 42.5 Å². The number of para-hydroxylation sites is 2. The standard InChI is InChI=1S/C24H19FN2O3/c1-29-22-12-11-15(13-23(22)30-2)21-14-17(16-7-3-5-9-19(16)26-21)24(28)27-20-10-6-4-8-18(20)25/h3-14H,1-2H3,(H,27,28). The number of hydrogen-bond acceptors (Lipinski definition) is 4. The van der Waals surface area contributed by atoms with Gasteiger partial charge >= 0.3 is 0 Å². The average Bonchev–Trinajstić information content (AvgIpc) is 2.79. The van der Waals surface area contributed by atoms with Gasteiger partial charge in [0.05, 0.1) is 36.7 Å². The molecule has 0 saturated carbocycles. The van der Waals surface area contributed by atoms with Crippen molar-refractivity contribution in [2.24, 2.45) is 0 Å². The second-order valence-electron chi connectivity index (χ2n) is 6.58. The van der Waals surface area contributed by atoms with Crippen molar-refractivity contribution in [3.8, 4) is 22.8 Å². The first kappa shape index (κ1) is 19.4. The Morgan fingerprint density at radius 1 is 0.900 bits per heavy atom. The van der Waals surface area contributed by atoms with Crippen molar-refractivity contribution < 1.29 is 18.7 Å². The molecule has 0 bridgehead atoms. The fourth-order valence-electron chi connectivity index (χ4n) is 3.26. The minimum atomic E-state index is -0.496. The molecule has 0 atom stereocenters. The number of amides is 1. The smallest absolute Gasteiger partial charge is 0.256 e. The van der Waals surface area contributed by atoms with E-state index in [1.165, 1.54) is 12.1 Å². The summed E-state index contributed by atoms with van der Waals surface area (Å²) in [6.45, 7) is 0. The van der Waals surface area contributed by atoms with Crippen LogP contribution in [0, 0.1) is 5.82 Å². The van der Waals surface area contributed by atoms with Crippen LogP contribution in [0.25, 0.3) is 22.2 Å². The van der Waals surface area contributed by atoms with Gasteiger partial charge in [0, 0.05) is 10.9 Å². The number of halogens is 1. The van der Waals surface area contributed by atoms with E-state index in [1.807, 2.05) is 30.3 Å². The van der Waals surface area contributed by atoms with Crippen LogP contribution in [-0.4, -0.2) is 25.1 Å². The number of fused-ring (bicyclic) bond motifs is 1. The molecular formula is C24H19FN2O3. The second kappa shape index (κ2) is 8.21. The Morgan fingerprint density at radius 2 is 1.63 bits per heavy atom. The van der Waals surface area contributed by atoms with E-state index in [1.54, 1.807) is 44.6 Å². The highest BCUT2D eigenvalue weighted by Gasteiger charge is 2.16. The predicted octanol–water partition coefficient (Wildman–Crippen LogP) is 5.31. The van der Waals surface area contributed by atoms with Crippen molar-refractivity contribution in [2.45, 2.75) is 0 Å². The summed E-state index contributed by atoms with van der Waals surface area (Å²) in [6, 6.07) is 20.5. The SMILES string of the molecule is COc1ccc(-c2cc(C(=O)Nc3ccccc3F)c3ccccc3n2)cc1OC. The molecule has 0 aliphatic carbocycles. The highest BCUT2D eigenvalue weighted by atomic mass is 19.1. The number of hydrogen-bond donors (Lipinski definition) is 1. The van der Waals surface area contributed by atoms with Crippen molar-refractivity contribution in [1.82, 2.24) is 4.98 Å². The van der Waals surface area contributed by atoms with E-state index in [0.717, 1.165) is 5.56 Å². The van der Waals surface area contributed by atoms with Crippen molar-refractivity contribution in [3.63, 3.8) is 0 Å². The van der Waals surface area contributed by atoms with Crippen LogP contribution in [-0.2, 0) is 0 Å². The number of carbonyl (C=O) groups excluding carboxylic acids is 1. The Balaban J connectivity index is 1.82. The van der Waals surface area contributed by atoms with Gasteiger partial charge in [0.2, 0.25) is 0 Å². The lowest BCUT2D eigenvalue weighted by Crippen LogP contribution is -2.14. The zero-order valence-corrected chi connectivity index (χ0v) is 16.5. The van der Waals surface area contributed by atoms with Crippen LogP contribution in [0.15, 0.2) is 72.8 Å². The maximum Gasteiger partial charge on any atom is 0.256 e. The Hall–Kier alpha value is -3.93. The van der Waals surface area contributed by atoms with Crippen molar-refractivity contribution >= 4 is 22.5 Å². The third-order valence-corrected chi connectivity index (χ3v) is 4.76. The lowest BCUT2D eigenvalue weighted by molar-refractivity contribution is 0.102. The van der Waals surface area contributed by atoms with Crippen LogP contribution < -0.4 is 14.8 Å². The van der Waals surface area contributed by atoms with Crippen molar-refractivity contribution in [1.29, 1.82) is 0 Å². The molecule has 1 amide bonds. The van der Waals surface area contributed by atoms with Crippen LogP contribution in [0.2, 0.25) is 0 Å². The second-order valence-corrected chi connectivity index (χ2v) is 6.58. The van der Waals surface area contributed by atoms with Gasteiger partial charge in [0.25, 0.3) is 5.91 Å². The van der Waals surface area contributed by atoms with Gasteiger partial charge in [-0.1, -0.05) is 30.3 Å². The number of aromatic nitrogens is 1. The molecule has 30 heavy (non-hydrogen) atoms. The summed E-state index contributed by atoms with van der Waals surface area (Å²) in [7, 11) is 3.12. The quantitative estimate of drug-likeness (QED) is 0.491. The molecule has 0 saturated heterocycles. The number of nitrogens with one attached hydrogen (secondary N) is 1. The van der Waals surface area contributed by atoms with Gasteiger partial charge in [0.15, 0.2) is 11.5 Å². The molecule has 0 radical (unpaired) electrons. The predicted molar refractivity (Wildman–Crippen MR) is 115 cm³/mol. The molecule has 6 heteroatoms. The third kappa shape index (κ3) is 3.67. The van der Waals surface area contributed by atoms with Gasteiger partial charge in [-0.3, -0.25) is 4.79 Å². The fourth-order valence-corrected chi connectivity index (χ4v) is 3.26. The van der Waals surface area contributed by atoms with Crippen molar-refractivity contribution in [3.05, 3.63) is 84.2 Å². The Morgan fingerprint density at radius 3 is 2.40 bits per heavy atom. The molecular weight excluding hydrogens is 383 g/mol. The molecule has 1 aromatic heterocycles. The number of pyridine rings is 1. The van der Waals surface area contributed by atoms with Crippen LogP contribution >= 0.6 is 0 Å². The summed E-state index contributed by atoms with van der Waals surface area (Å²) in [4.78, 5) is 17.7. The Labute approximate surface area is 173 Å².